The first-order chi connectivity index (χ1) is 14.7. The molecule has 0 fully saturated rings. The van der Waals surface area contributed by atoms with Crippen molar-refractivity contribution < 1.29 is 32.2 Å². The Kier molecular flexibility index (Phi) is 9.55. The number of hydrogen-bond donors (Lipinski definition) is 0. The van der Waals surface area contributed by atoms with Crippen molar-refractivity contribution in [2.45, 2.75) is 38.3 Å². The molecule has 0 aromatic heterocycles. The van der Waals surface area contributed by atoms with Crippen molar-refractivity contribution >= 4 is 17.7 Å². The molecule has 0 aliphatic rings. The number of aryl methyl sites for hydroxylation is 1. The van der Waals surface area contributed by atoms with Gasteiger partial charge in [-0.25, -0.2) is 4.79 Å². The van der Waals surface area contributed by atoms with Crippen molar-refractivity contribution in [1.29, 1.82) is 0 Å². The van der Waals surface area contributed by atoms with Gasteiger partial charge in [-0.2, -0.15) is 13.2 Å². The summed E-state index contributed by atoms with van der Waals surface area (Å²) in [5.74, 6) is 1.71. The highest BCUT2D eigenvalue weighted by Gasteiger charge is 2.30. The van der Waals surface area contributed by atoms with E-state index in [1.807, 2.05) is 25.1 Å². The number of rotatable bonds is 11. The fraction of sp³-hybridized carbons (Fsp3) is 0.435. The molecule has 4 nitrogen and oxygen atoms in total. The zero-order valence-corrected chi connectivity index (χ0v) is 18.6. The molecule has 0 unspecified atom stereocenters. The van der Waals surface area contributed by atoms with E-state index in [-0.39, 0.29) is 12.5 Å². The molecule has 8 heteroatoms. The summed E-state index contributed by atoms with van der Waals surface area (Å²) in [6.07, 6.45) is -3.47. The van der Waals surface area contributed by atoms with Crippen LogP contribution in [0.15, 0.2) is 47.4 Å². The van der Waals surface area contributed by atoms with E-state index in [0.717, 1.165) is 34.8 Å². The van der Waals surface area contributed by atoms with E-state index in [4.69, 9.17) is 14.2 Å². The molecular formula is C23H27F3O4S. The molecule has 0 radical (unpaired) electrons. The van der Waals surface area contributed by atoms with Gasteiger partial charge in [0.05, 0.1) is 18.8 Å². The van der Waals surface area contributed by atoms with E-state index in [0.29, 0.717) is 24.7 Å². The predicted molar refractivity (Wildman–Crippen MR) is 115 cm³/mol. The molecule has 0 N–H and O–H groups in total. The van der Waals surface area contributed by atoms with Gasteiger partial charge in [-0.15, -0.1) is 11.8 Å². The molecule has 2 aromatic rings. The number of carbonyl (C=O) groups is 1. The van der Waals surface area contributed by atoms with Crippen LogP contribution in [0.1, 0.15) is 31.4 Å². The van der Waals surface area contributed by atoms with Crippen LogP contribution in [-0.2, 0) is 15.7 Å². The summed E-state index contributed by atoms with van der Waals surface area (Å²) in [5.41, 5.74) is 0.232. The second-order valence-electron chi connectivity index (χ2n) is 6.94. The third-order valence-electron chi connectivity index (χ3n) is 4.53. The minimum absolute atomic E-state index is 0.125. The van der Waals surface area contributed by atoms with E-state index in [1.54, 1.807) is 18.7 Å². The maximum absolute atomic E-state index is 12.6. The normalized spacial score (nSPS) is 12.3. The fourth-order valence-electron chi connectivity index (χ4n) is 2.67. The molecule has 2 rings (SSSR count). The van der Waals surface area contributed by atoms with E-state index in [9.17, 15) is 18.0 Å². The Balaban J connectivity index is 1.83. The van der Waals surface area contributed by atoms with Gasteiger partial charge in [0.15, 0.2) is 6.61 Å². The number of ether oxygens (including phenoxy) is 3. The van der Waals surface area contributed by atoms with Gasteiger partial charge in [-0.1, -0.05) is 6.92 Å². The lowest BCUT2D eigenvalue weighted by molar-refractivity contribution is -0.145. The molecule has 0 bridgehead atoms. The molecule has 31 heavy (non-hydrogen) atoms. The monoisotopic (exact) mass is 456 g/mol. The first kappa shape index (κ1) is 24.9. The first-order valence-corrected chi connectivity index (χ1v) is 11.0. The van der Waals surface area contributed by atoms with Crippen molar-refractivity contribution in [3.63, 3.8) is 0 Å². The van der Waals surface area contributed by atoms with Crippen LogP contribution in [0.3, 0.4) is 0 Å². The Hall–Kier alpha value is -2.35. The first-order valence-electron chi connectivity index (χ1n) is 10.0. The summed E-state index contributed by atoms with van der Waals surface area (Å²) >= 11 is 1.67. The Morgan fingerprint density at radius 3 is 2.35 bits per heavy atom. The maximum atomic E-state index is 12.6. The smallest absolute Gasteiger partial charge is 0.416 e. The van der Waals surface area contributed by atoms with E-state index in [1.165, 1.54) is 12.1 Å². The van der Waals surface area contributed by atoms with Gasteiger partial charge in [-0.05, 0) is 68.3 Å². The highest BCUT2D eigenvalue weighted by molar-refractivity contribution is 7.99. The highest BCUT2D eigenvalue weighted by atomic mass is 32.2. The van der Waals surface area contributed by atoms with Crippen molar-refractivity contribution in [1.82, 2.24) is 0 Å². The molecule has 0 aliphatic heterocycles. The second kappa shape index (κ2) is 11.9. The van der Waals surface area contributed by atoms with Crippen LogP contribution >= 0.6 is 11.8 Å². The van der Waals surface area contributed by atoms with Gasteiger partial charge in [-0.3, -0.25) is 0 Å². The van der Waals surface area contributed by atoms with Gasteiger partial charge in [0.2, 0.25) is 0 Å². The maximum Gasteiger partial charge on any atom is 0.416 e. The lowest BCUT2D eigenvalue weighted by Gasteiger charge is -2.17. The summed E-state index contributed by atoms with van der Waals surface area (Å²) in [6.45, 7) is 6.33. The fourth-order valence-corrected chi connectivity index (χ4v) is 3.85. The molecule has 0 heterocycles. The van der Waals surface area contributed by atoms with Gasteiger partial charge in [0.1, 0.15) is 11.5 Å². The number of thioether (sulfide) groups is 1. The average Bonchev–Trinajstić information content (AvgIpc) is 2.73. The number of hydrogen-bond acceptors (Lipinski definition) is 5. The topological polar surface area (TPSA) is 44.8 Å². The minimum Gasteiger partial charge on any atom is -0.493 e. The van der Waals surface area contributed by atoms with Crippen LogP contribution in [0.4, 0.5) is 13.2 Å². The van der Waals surface area contributed by atoms with Gasteiger partial charge in [0, 0.05) is 16.6 Å². The average molecular weight is 457 g/mol. The Morgan fingerprint density at radius 2 is 1.77 bits per heavy atom. The zero-order chi connectivity index (χ0) is 22.9. The molecule has 0 spiro atoms. The van der Waals surface area contributed by atoms with Crippen LogP contribution in [0.5, 0.6) is 11.5 Å². The molecule has 0 amide bonds. The summed E-state index contributed by atoms with van der Waals surface area (Å²) in [5, 5.41) is 0. The van der Waals surface area contributed by atoms with Crippen LogP contribution in [0, 0.1) is 12.8 Å². The number of alkyl halides is 3. The third-order valence-corrected chi connectivity index (χ3v) is 5.75. The lowest BCUT2D eigenvalue weighted by Crippen LogP contribution is -2.15. The number of benzene rings is 2. The van der Waals surface area contributed by atoms with Gasteiger partial charge >= 0.3 is 12.1 Å². The standard InChI is InChI=1S/C23H27F3O4S/c1-4-17(13-29-19-8-6-18(7-9-19)23(24,25)26)15-31-20-10-11-21(16(3)12-20)30-14-22(27)28-5-2/h6-12,17H,4-5,13-15H2,1-3H3/t17-/m1/s1. The lowest BCUT2D eigenvalue weighted by atomic mass is 10.1. The van der Waals surface area contributed by atoms with Crippen LogP contribution < -0.4 is 9.47 Å². The largest absolute Gasteiger partial charge is 0.493 e. The molecule has 0 saturated heterocycles. The Morgan fingerprint density at radius 1 is 1.06 bits per heavy atom. The van der Waals surface area contributed by atoms with Crippen LogP contribution in [0.2, 0.25) is 0 Å². The minimum atomic E-state index is -4.35. The van der Waals surface area contributed by atoms with Crippen LogP contribution in [0.25, 0.3) is 0 Å². The number of carbonyl (C=O) groups excluding carboxylic acids is 1. The Labute approximate surface area is 185 Å². The summed E-state index contributed by atoms with van der Waals surface area (Å²) in [7, 11) is 0. The predicted octanol–water partition coefficient (Wildman–Crippen LogP) is 6.15. The third kappa shape index (κ3) is 8.36. The molecular weight excluding hydrogens is 429 g/mol. The van der Waals surface area contributed by atoms with E-state index < -0.39 is 17.7 Å². The quantitative estimate of drug-likeness (QED) is 0.300. The van der Waals surface area contributed by atoms with Gasteiger partial charge < -0.3 is 14.2 Å². The van der Waals surface area contributed by atoms with E-state index in [2.05, 4.69) is 6.92 Å². The molecule has 170 valence electrons. The second-order valence-corrected chi connectivity index (χ2v) is 8.03. The molecule has 0 aliphatic carbocycles. The molecule has 1 atom stereocenters. The number of halogens is 3. The zero-order valence-electron chi connectivity index (χ0n) is 17.8. The van der Waals surface area contributed by atoms with E-state index >= 15 is 0 Å². The van der Waals surface area contributed by atoms with Crippen molar-refractivity contribution in [3.8, 4) is 11.5 Å². The highest BCUT2D eigenvalue weighted by Crippen LogP contribution is 2.31. The summed E-state index contributed by atoms with van der Waals surface area (Å²) < 4.78 is 54.0. The molecule has 2 aromatic carbocycles. The van der Waals surface area contributed by atoms with Gasteiger partial charge in [0.25, 0.3) is 0 Å². The van der Waals surface area contributed by atoms with Crippen molar-refractivity contribution in [2.24, 2.45) is 5.92 Å². The van der Waals surface area contributed by atoms with Crippen molar-refractivity contribution in [2.75, 3.05) is 25.6 Å². The molecule has 0 saturated carbocycles. The summed E-state index contributed by atoms with van der Waals surface area (Å²) in [6, 6.07) is 10.5. The Bertz CT molecular complexity index is 838. The van der Waals surface area contributed by atoms with Crippen molar-refractivity contribution in [3.05, 3.63) is 53.6 Å². The number of esters is 1. The SMILES string of the molecule is CCOC(=O)COc1ccc(SC[C@H](CC)COc2ccc(C(F)(F)F)cc2)cc1C. The summed E-state index contributed by atoms with van der Waals surface area (Å²) in [4.78, 5) is 12.5. The van der Waals surface area contributed by atoms with Crippen LogP contribution in [-0.4, -0.2) is 31.5 Å².